The summed E-state index contributed by atoms with van der Waals surface area (Å²) in [6.07, 6.45) is 2.82. The molecule has 1 aliphatic rings. The Morgan fingerprint density at radius 3 is 2.73 bits per heavy atom. The van der Waals surface area contributed by atoms with Crippen LogP contribution in [0.2, 0.25) is 0 Å². The number of carbonyl (C=O) groups is 2. The molecule has 0 saturated carbocycles. The Labute approximate surface area is 149 Å². The number of aromatic nitrogens is 1. The van der Waals surface area contributed by atoms with E-state index in [0.29, 0.717) is 24.1 Å². The normalized spacial score (nSPS) is 16.5. The van der Waals surface area contributed by atoms with Crippen molar-refractivity contribution in [3.05, 3.63) is 65.0 Å². The fourth-order valence-electron chi connectivity index (χ4n) is 3.06. The lowest BCUT2D eigenvalue weighted by Crippen LogP contribution is -2.39. The molecule has 1 aliphatic heterocycles. The van der Waals surface area contributed by atoms with E-state index >= 15 is 0 Å². The molecule has 1 saturated heterocycles. The number of pyridine rings is 1. The second kappa shape index (κ2) is 7.47. The number of carbonyl (C=O) groups excluding carboxylic acids is 2. The van der Waals surface area contributed by atoms with Gasteiger partial charge in [-0.3, -0.25) is 9.78 Å². The SMILES string of the molecule is NC(=O)c1ccc(CNC(=O)N2CCCC2c2ccc(F)cc2F)cn1. The second-order valence-corrected chi connectivity index (χ2v) is 6.09. The Hall–Kier alpha value is -3.03. The summed E-state index contributed by atoms with van der Waals surface area (Å²) in [7, 11) is 0. The number of primary amides is 1. The first-order valence-corrected chi connectivity index (χ1v) is 8.20. The highest BCUT2D eigenvalue weighted by molar-refractivity contribution is 5.90. The molecule has 1 aromatic heterocycles. The van der Waals surface area contributed by atoms with Crippen LogP contribution in [0.1, 0.15) is 40.5 Å². The smallest absolute Gasteiger partial charge is 0.318 e. The number of hydrogen-bond donors (Lipinski definition) is 2. The first kappa shape index (κ1) is 17.8. The molecule has 3 rings (SSSR count). The molecular weight excluding hydrogens is 342 g/mol. The molecule has 3 amide bonds. The summed E-state index contributed by atoms with van der Waals surface area (Å²) in [5.74, 6) is -1.92. The van der Waals surface area contributed by atoms with Crippen LogP contribution in [0.3, 0.4) is 0 Å². The Morgan fingerprint density at radius 1 is 1.27 bits per heavy atom. The van der Waals surface area contributed by atoms with E-state index in [9.17, 15) is 18.4 Å². The van der Waals surface area contributed by atoms with E-state index in [1.54, 1.807) is 11.0 Å². The van der Waals surface area contributed by atoms with Crippen LogP contribution in [-0.4, -0.2) is 28.4 Å². The van der Waals surface area contributed by atoms with Crippen LogP contribution < -0.4 is 11.1 Å². The van der Waals surface area contributed by atoms with Gasteiger partial charge in [0.15, 0.2) is 0 Å². The van der Waals surface area contributed by atoms with Crippen LogP contribution in [-0.2, 0) is 6.54 Å². The predicted molar refractivity (Wildman–Crippen MR) is 90.0 cm³/mol. The predicted octanol–water partition coefficient (Wildman–Crippen LogP) is 2.51. The summed E-state index contributed by atoms with van der Waals surface area (Å²) in [5, 5.41) is 2.75. The van der Waals surface area contributed by atoms with Crippen LogP contribution in [0.5, 0.6) is 0 Å². The Bertz CT molecular complexity index is 826. The van der Waals surface area contributed by atoms with Gasteiger partial charge in [-0.25, -0.2) is 13.6 Å². The molecule has 1 unspecified atom stereocenters. The van der Waals surface area contributed by atoms with Gasteiger partial charge in [-0.05, 0) is 30.5 Å². The maximum absolute atomic E-state index is 14.0. The van der Waals surface area contributed by atoms with Gasteiger partial charge in [-0.2, -0.15) is 0 Å². The molecule has 2 heterocycles. The van der Waals surface area contributed by atoms with Crippen molar-refractivity contribution in [2.45, 2.75) is 25.4 Å². The third-order valence-corrected chi connectivity index (χ3v) is 4.36. The summed E-state index contributed by atoms with van der Waals surface area (Å²) >= 11 is 0. The van der Waals surface area contributed by atoms with Crippen molar-refractivity contribution in [3.8, 4) is 0 Å². The summed E-state index contributed by atoms with van der Waals surface area (Å²) in [6, 6.07) is 5.77. The number of nitrogens with zero attached hydrogens (tertiary/aromatic N) is 2. The second-order valence-electron chi connectivity index (χ2n) is 6.09. The fourth-order valence-corrected chi connectivity index (χ4v) is 3.06. The van der Waals surface area contributed by atoms with Gasteiger partial charge in [-0.15, -0.1) is 0 Å². The van der Waals surface area contributed by atoms with Crippen molar-refractivity contribution in [1.29, 1.82) is 0 Å². The van der Waals surface area contributed by atoms with E-state index < -0.39 is 23.6 Å². The van der Waals surface area contributed by atoms with Crippen LogP contribution in [0, 0.1) is 11.6 Å². The minimum atomic E-state index is -0.652. The molecule has 6 nitrogen and oxygen atoms in total. The van der Waals surface area contributed by atoms with Gasteiger partial charge in [0.25, 0.3) is 5.91 Å². The highest BCUT2D eigenvalue weighted by Crippen LogP contribution is 2.33. The van der Waals surface area contributed by atoms with E-state index in [1.807, 2.05) is 0 Å². The summed E-state index contributed by atoms with van der Waals surface area (Å²) < 4.78 is 27.2. The van der Waals surface area contributed by atoms with Crippen molar-refractivity contribution >= 4 is 11.9 Å². The van der Waals surface area contributed by atoms with Crippen LogP contribution in [0.25, 0.3) is 0 Å². The van der Waals surface area contributed by atoms with E-state index in [-0.39, 0.29) is 18.3 Å². The van der Waals surface area contributed by atoms with Gasteiger partial charge in [0.2, 0.25) is 0 Å². The van der Waals surface area contributed by atoms with Crippen LogP contribution in [0.4, 0.5) is 13.6 Å². The number of amides is 3. The minimum absolute atomic E-state index is 0.145. The number of nitrogens with two attached hydrogens (primary N) is 1. The maximum atomic E-state index is 14.0. The van der Waals surface area contributed by atoms with E-state index in [4.69, 9.17) is 5.73 Å². The quantitative estimate of drug-likeness (QED) is 0.878. The largest absolute Gasteiger partial charge is 0.364 e. The first-order chi connectivity index (χ1) is 12.5. The Kier molecular flexibility index (Phi) is 5.11. The lowest BCUT2D eigenvalue weighted by atomic mass is 10.0. The Balaban J connectivity index is 1.65. The van der Waals surface area contributed by atoms with E-state index in [0.717, 1.165) is 12.5 Å². The fraction of sp³-hybridized carbons (Fsp3) is 0.278. The van der Waals surface area contributed by atoms with Gasteiger partial charge in [0.05, 0.1) is 6.04 Å². The molecule has 1 fully saturated rings. The van der Waals surface area contributed by atoms with Gasteiger partial charge in [0, 0.05) is 30.9 Å². The highest BCUT2D eigenvalue weighted by atomic mass is 19.1. The zero-order chi connectivity index (χ0) is 18.7. The molecule has 26 heavy (non-hydrogen) atoms. The zero-order valence-electron chi connectivity index (χ0n) is 13.9. The molecule has 1 atom stereocenters. The molecule has 3 N–H and O–H groups in total. The monoisotopic (exact) mass is 360 g/mol. The number of urea groups is 1. The lowest BCUT2D eigenvalue weighted by Gasteiger charge is -2.25. The molecule has 2 aromatic rings. The van der Waals surface area contributed by atoms with Gasteiger partial charge < -0.3 is 16.0 Å². The standard InChI is InChI=1S/C18H18F2N4O2/c19-12-4-5-13(14(20)8-12)16-2-1-7-24(16)18(26)23-10-11-3-6-15(17(21)25)22-9-11/h3-6,8-9,16H,1-2,7,10H2,(H2,21,25)(H,23,26). The van der Waals surface area contributed by atoms with E-state index in [1.165, 1.54) is 24.4 Å². The number of likely N-dealkylation sites (tertiary alicyclic amines) is 1. The molecule has 0 spiro atoms. The summed E-state index contributed by atoms with van der Waals surface area (Å²) in [4.78, 5) is 28.9. The van der Waals surface area contributed by atoms with Gasteiger partial charge in [0.1, 0.15) is 17.3 Å². The van der Waals surface area contributed by atoms with Crippen molar-refractivity contribution in [1.82, 2.24) is 15.2 Å². The summed E-state index contributed by atoms with van der Waals surface area (Å²) in [6.45, 7) is 0.701. The molecule has 0 radical (unpaired) electrons. The van der Waals surface area contributed by atoms with Gasteiger partial charge >= 0.3 is 6.03 Å². The molecule has 0 bridgehead atoms. The molecule has 0 aliphatic carbocycles. The molecule has 136 valence electrons. The average molecular weight is 360 g/mol. The number of halogens is 2. The van der Waals surface area contributed by atoms with Crippen molar-refractivity contribution < 1.29 is 18.4 Å². The third kappa shape index (κ3) is 3.79. The number of rotatable bonds is 4. The Morgan fingerprint density at radius 2 is 2.08 bits per heavy atom. The van der Waals surface area contributed by atoms with Crippen LogP contribution in [0.15, 0.2) is 36.5 Å². The van der Waals surface area contributed by atoms with Gasteiger partial charge in [-0.1, -0.05) is 12.1 Å². The van der Waals surface area contributed by atoms with Crippen molar-refractivity contribution in [2.75, 3.05) is 6.54 Å². The number of hydrogen-bond acceptors (Lipinski definition) is 3. The van der Waals surface area contributed by atoms with Crippen molar-refractivity contribution in [2.24, 2.45) is 5.73 Å². The minimum Gasteiger partial charge on any atom is -0.364 e. The molecule has 1 aromatic carbocycles. The summed E-state index contributed by atoms with van der Waals surface area (Å²) in [5.41, 5.74) is 6.29. The maximum Gasteiger partial charge on any atom is 0.318 e. The van der Waals surface area contributed by atoms with E-state index in [2.05, 4.69) is 10.3 Å². The zero-order valence-corrected chi connectivity index (χ0v) is 13.9. The molecule has 8 heteroatoms. The topological polar surface area (TPSA) is 88.3 Å². The number of benzene rings is 1. The average Bonchev–Trinajstić information content (AvgIpc) is 3.09. The molecular formula is C18H18F2N4O2. The number of nitrogens with one attached hydrogen (secondary N) is 1. The van der Waals surface area contributed by atoms with Crippen molar-refractivity contribution in [3.63, 3.8) is 0 Å². The van der Waals surface area contributed by atoms with Crippen LogP contribution >= 0.6 is 0 Å². The first-order valence-electron chi connectivity index (χ1n) is 8.20. The third-order valence-electron chi connectivity index (χ3n) is 4.36. The lowest BCUT2D eigenvalue weighted by molar-refractivity contribution is 0.0995. The highest BCUT2D eigenvalue weighted by Gasteiger charge is 2.31.